The number of primary amides is 1. The van der Waals surface area contributed by atoms with E-state index < -0.39 is 15.9 Å². The summed E-state index contributed by atoms with van der Waals surface area (Å²) < 4.78 is 31.4. The standard InChI is InChI=1S/C19H20N4O4S/c1-23(2)28(25,26)14-7-8-17-15(10-14)18(16(11-21-17)19(20)24)22-12-5-4-6-13(9-12)27-3/h4-11H,1-3H3,(H2,20,24)(H,21,22). The molecule has 146 valence electrons. The first kappa shape index (κ1) is 19.6. The smallest absolute Gasteiger partial charge is 0.252 e. The molecule has 0 unspecified atom stereocenters. The predicted molar refractivity (Wildman–Crippen MR) is 107 cm³/mol. The van der Waals surface area contributed by atoms with Gasteiger partial charge in [0.2, 0.25) is 10.0 Å². The summed E-state index contributed by atoms with van der Waals surface area (Å²) in [5.41, 5.74) is 7.21. The van der Waals surface area contributed by atoms with Gasteiger partial charge in [0.15, 0.2) is 0 Å². The second-order valence-electron chi connectivity index (χ2n) is 6.23. The van der Waals surface area contributed by atoms with E-state index in [9.17, 15) is 13.2 Å². The summed E-state index contributed by atoms with van der Waals surface area (Å²) in [6.07, 6.45) is 1.37. The molecule has 8 nitrogen and oxygen atoms in total. The van der Waals surface area contributed by atoms with E-state index in [1.165, 1.54) is 32.4 Å². The SMILES string of the molecule is COc1cccc(Nc2c(C(N)=O)cnc3ccc(S(=O)(=O)N(C)C)cc23)c1. The first-order valence-electron chi connectivity index (χ1n) is 8.30. The minimum Gasteiger partial charge on any atom is -0.497 e. The number of aromatic nitrogens is 1. The first-order valence-corrected chi connectivity index (χ1v) is 9.74. The van der Waals surface area contributed by atoms with Crippen LogP contribution in [-0.2, 0) is 10.0 Å². The van der Waals surface area contributed by atoms with Crippen LogP contribution in [0, 0.1) is 0 Å². The number of carbonyl (C=O) groups excluding carboxylic acids is 1. The number of nitrogens with two attached hydrogens (primary N) is 1. The van der Waals surface area contributed by atoms with Gasteiger partial charge in [-0.25, -0.2) is 12.7 Å². The van der Waals surface area contributed by atoms with Gasteiger partial charge in [0.25, 0.3) is 5.91 Å². The van der Waals surface area contributed by atoms with E-state index in [-0.39, 0.29) is 10.5 Å². The number of nitrogens with one attached hydrogen (secondary N) is 1. The number of sulfonamides is 1. The van der Waals surface area contributed by atoms with E-state index in [1.807, 2.05) is 0 Å². The highest BCUT2D eigenvalue weighted by atomic mass is 32.2. The van der Waals surface area contributed by atoms with Crippen LogP contribution in [0.2, 0.25) is 0 Å². The average Bonchev–Trinajstić information content (AvgIpc) is 2.67. The number of ether oxygens (including phenoxy) is 1. The largest absolute Gasteiger partial charge is 0.497 e. The summed E-state index contributed by atoms with van der Waals surface area (Å²) >= 11 is 0. The molecular formula is C19H20N4O4S. The summed E-state index contributed by atoms with van der Waals surface area (Å²) in [7, 11) is 0.792. The van der Waals surface area contributed by atoms with Crippen molar-refractivity contribution < 1.29 is 17.9 Å². The second-order valence-corrected chi connectivity index (χ2v) is 8.39. The number of benzene rings is 2. The molecule has 0 aliphatic heterocycles. The molecule has 9 heteroatoms. The number of nitrogens with zero attached hydrogens (tertiary/aromatic N) is 2. The molecular weight excluding hydrogens is 380 g/mol. The van der Waals surface area contributed by atoms with Crippen molar-refractivity contribution in [1.82, 2.24) is 9.29 Å². The summed E-state index contributed by atoms with van der Waals surface area (Å²) in [5, 5.41) is 3.61. The predicted octanol–water partition coefficient (Wildman–Crippen LogP) is 2.34. The Morgan fingerprint density at radius 3 is 2.57 bits per heavy atom. The van der Waals surface area contributed by atoms with Gasteiger partial charge in [-0.3, -0.25) is 9.78 Å². The van der Waals surface area contributed by atoms with Crippen molar-refractivity contribution in [3.05, 3.63) is 54.2 Å². The van der Waals surface area contributed by atoms with Crippen LogP contribution in [0.3, 0.4) is 0 Å². The number of carbonyl (C=O) groups is 1. The molecule has 0 radical (unpaired) electrons. The van der Waals surface area contributed by atoms with Crippen molar-refractivity contribution in [3.63, 3.8) is 0 Å². The van der Waals surface area contributed by atoms with Crippen LogP contribution in [0.1, 0.15) is 10.4 Å². The molecule has 0 fully saturated rings. The number of amides is 1. The third-order valence-corrected chi connectivity index (χ3v) is 6.03. The Balaban J connectivity index is 2.24. The van der Waals surface area contributed by atoms with Crippen molar-refractivity contribution in [2.75, 3.05) is 26.5 Å². The zero-order valence-electron chi connectivity index (χ0n) is 15.6. The average molecular weight is 400 g/mol. The highest BCUT2D eigenvalue weighted by Crippen LogP contribution is 2.32. The molecule has 0 saturated carbocycles. The van der Waals surface area contributed by atoms with Gasteiger partial charge in [0, 0.05) is 37.4 Å². The maximum atomic E-state index is 12.5. The lowest BCUT2D eigenvalue weighted by Crippen LogP contribution is -2.22. The zero-order valence-corrected chi connectivity index (χ0v) is 16.4. The molecule has 1 aromatic heterocycles. The molecule has 28 heavy (non-hydrogen) atoms. The number of rotatable bonds is 6. The number of hydrogen-bond acceptors (Lipinski definition) is 6. The molecule has 3 rings (SSSR count). The van der Waals surface area contributed by atoms with Gasteiger partial charge in [-0.05, 0) is 30.3 Å². The van der Waals surface area contributed by atoms with Gasteiger partial charge >= 0.3 is 0 Å². The third-order valence-electron chi connectivity index (χ3n) is 4.22. The summed E-state index contributed by atoms with van der Waals surface area (Å²) in [6.45, 7) is 0. The number of pyridine rings is 1. The molecule has 0 saturated heterocycles. The Kier molecular flexibility index (Phi) is 5.21. The number of methoxy groups -OCH3 is 1. The van der Waals surface area contributed by atoms with Gasteiger partial charge in [0.1, 0.15) is 5.75 Å². The Hall–Kier alpha value is -3.17. The maximum Gasteiger partial charge on any atom is 0.252 e. The molecule has 0 aliphatic rings. The van der Waals surface area contributed by atoms with Crippen LogP contribution in [0.5, 0.6) is 5.75 Å². The van der Waals surface area contributed by atoms with Crippen LogP contribution in [-0.4, -0.2) is 44.8 Å². The van der Waals surface area contributed by atoms with E-state index in [2.05, 4.69) is 10.3 Å². The topological polar surface area (TPSA) is 115 Å². The summed E-state index contributed by atoms with van der Waals surface area (Å²) in [4.78, 5) is 16.3. The fourth-order valence-corrected chi connectivity index (χ4v) is 3.64. The molecule has 0 aliphatic carbocycles. The van der Waals surface area contributed by atoms with Crippen molar-refractivity contribution in [3.8, 4) is 5.75 Å². The normalized spacial score (nSPS) is 11.6. The Morgan fingerprint density at radius 2 is 1.93 bits per heavy atom. The lowest BCUT2D eigenvalue weighted by atomic mass is 10.1. The molecule has 1 amide bonds. The van der Waals surface area contributed by atoms with Crippen LogP contribution < -0.4 is 15.8 Å². The van der Waals surface area contributed by atoms with Crippen LogP contribution in [0.4, 0.5) is 11.4 Å². The Labute approximate surface area is 163 Å². The van der Waals surface area contributed by atoms with Crippen LogP contribution >= 0.6 is 0 Å². The lowest BCUT2D eigenvalue weighted by molar-refractivity contribution is 0.100. The fraction of sp³-hybridized carbons (Fsp3) is 0.158. The van der Waals surface area contributed by atoms with E-state index in [4.69, 9.17) is 10.5 Å². The number of anilines is 2. The fourth-order valence-electron chi connectivity index (χ4n) is 2.71. The van der Waals surface area contributed by atoms with Gasteiger partial charge in [-0.1, -0.05) is 6.07 Å². The Morgan fingerprint density at radius 1 is 1.18 bits per heavy atom. The van der Waals surface area contributed by atoms with E-state index in [0.29, 0.717) is 28.0 Å². The highest BCUT2D eigenvalue weighted by Gasteiger charge is 2.20. The molecule has 0 spiro atoms. The summed E-state index contributed by atoms with van der Waals surface area (Å²) in [5.74, 6) is -0.0551. The van der Waals surface area contributed by atoms with Gasteiger partial charge in [0.05, 0.1) is 28.8 Å². The maximum absolute atomic E-state index is 12.5. The van der Waals surface area contributed by atoms with Gasteiger partial charge < -0.3 is 15.8 Å². The molecule has 3 N–H and O–H groups in total. The van der Waals surface area contributed by atoms with Crippen molar-refractivity contribution in [1.29, 1.82) is 0 Å². The highest BCUT2D eigenvalue weighted by molar-refractivity contribution is 7.89. The van der Waals surface area contributed by atoms with E-state index >= 15 is 0 Å². The van der Waals surface area contributed by atoms with Crippen LogP contribution in [0.15, 0.2) is 53.6 Å². The molecule has 2 aromatic carbocycles. The van der Waals surface area contributed by atoms with Crippen molar-refractivity contribution in [2.45, 2.75) is 4.90 Å². The molecule has 0 bridgehead atoms. The monoisotopic (exact) mass is 400 g/mol. The Bertz CT molecular complexity index is 1160. The van der Waals surface area contributed by atoms with Gasteiger partial charge in [-0.15, -0.1) is 0 Å². The van der Waals surface area contributed by atoms with Gasteiger partial charge in [-0.2, -0.15) is 0 Å². The zero-order chi connectivity index (χ0) is 20.5. The van der Waals surface area contributed by atoms with E-state index in [1.54, 1.807) is 37.4 Å². The molecule has 3 aromatic rings. The van der Waals surface area contributed by atoms with Crippen molar-refractivity contribution in [2.24, 2.45) is 5.73 Å². The van der Waals surface area contributed by atoms with Crippen molar-refractivity contribution >= 4 is 38.2 Å². The van der Waals surface area contributed by atoms with E-state index in [0.717, 1.165) is 4.31 Å². The first-order chi connectivity index (χ1) is 13.2. The minimum atomic E-state index is -3.66. The third kappa shape index (κ3) is 3.62. The number of hydrogen-bond donors (Lipinski definition) is 2. The minimum absolute atomic E-state index is 0.0853. The number of fused-ring (bicyclic) bond motifs is 1. The quantitative estimate of drug-likeness (QED) is 0.656. The van der Waals surface area contributed by atoms with Crippen LogP contribution in [0.25, 0.3) is 10.9 Å². The second kappa shape index (κ2) is 7.45. The lowest BCUT2D eigenvalue weighted by Gasteiger charge is -2.16. The molecule has 0 atom stereocenters. The summed E-state index contributed by atoms with van der Waals surface area (Å²) in [6, 6.07) is 11.7. The molecule has 1 heterocycles.